The van der Waals surface area contributed by atoms with Crippen molar-refractivity contribution in [2.24, 2.45) is 0 Å². The number of fused-ring (bicyclic) bond motifs is 1. The molecule has 1 aromatic carbocycles. The Balaban J connectivity index is 2.04. The summed E-state index contributed by atoms with van der Waals surface area (Å²) >= 11 is 0. The summed E-state index contributed by atoms with van der Waals surface area (Å²) in [6.07, 6.45) is 0.655. The molecule has 0 aliphatic carbocycles. The van der Waals surface area contributed by atoms with Crippen LogP contribution in [0.25, 0.3) is 5.78 Å². The summed E-state index contributed by atoms with van der Waals surface area (Å²) in [6.45, 7) is 1.78. The van der Waals surface area contributed by atoms with Crippen LogP contribution in [-0.2, 0) is 6.42 Å². The zero-order chi connectivity index (χ0) is 12.5. The van der Waals surface area contributed by atoms with Gasteiger partial charge in [-0.25, -0.2) is 4.98 Å². The van der Waals surface area contributed by atoms with Gasteiger partial charge in [0.25, 0.3) is 11.3 Å². The van der Waals surface area contributed by atoms with Crippen LogP contribution < -0.4 is 5.56 Å². The van der Waals surface area contributed by atoms with Crippen LogP contribution in [0.2, 0.25) is 0 Å². The van der Waals surface area contributed by atoms with Crippen LogP contribution in [-0.4, -0.2) is 19.6 Å². The standard InChI is InChI=1S/C13H12N4O/c1-9-7-12(18)17-13(14-9)15-11(16-17)8-10-5-3-2-4-6-10/h2-7H,8H2,1H3,(H,14,15,16). The Hall–Kier alpha value is -2.43. The fourth-order valence-corrected chi connectivity index (χ4v) is 1.90. The number of aromatic nitrogens is 4. The van der Waals surface area contributed by atoms with Crippen molar-refractivity contribution in [1.29, 1.82) is 0 Å². The maximum Gasteiger partial charge on any atom is 0.274 e. The minimum absolute atomic E-state index is 0.135. The summed E-state index contributed by atoms with van der Waals surface area (Å²) < 4.78 is 1.37. The van der Waals surface area contributed by atoms with Crippen LogP contribution in [0.3, 0.4) is 0 Å². The highest BCUT2D eigenvalue weighted by Crippen LogP contribution is 2.05. The summed E-state index contributed by atoms with van der Waals surface area (Å²) in [4.78, 5) is 20.3. The van der Waals surface area contributed by atoms with Gasteiger partial charge in [0.15, 0.2) is 0 Å². The Morgan fingerprint density at radius 3 is 2.78 bits per heavy atom. The van der Waals surface area contributed by atoms with Crippen LogP contribution in [0.4, 0.5) is 0 Å². The fraction of sp³-hybridized carbons (Fsp3) is 0.154. The molecule has 3 rings (SSSR count). The molecule has 5 nitrogen and oxygen atoms in total. The molecule has 0 spiro atoms. The molecule has 0 atom stereocenters. The molecule has 2 heterocycles. The number of benzene rings is 1. The van der Waals surface area contributed by atoms with Gasteiger partial charge >= 0.3 is 0 Å². The van der Waals surface area contributed by atoms with Crippen molar-refractivity contribution < 1.29 is 0 Å². The first-order chi connectivity index (χ1) is 8.72. The van der Waals surface area contributed by atoms with E-state index < -0.39 is 0 Å². The average molecular weight is 240 g/mol. The Bertz CT molecular complexity index is 743. The van der Waals surface area contributed by atoms with Gasteiger partial charge in [0.1, 0.15) is 5.82 Å². The lowest BCUT2D eigenvalue weighted by atomic mass is 10.1. The van der Waals surface area contributed by atoms with Crippen LogP contribution in [0.5, 0.6) is 0 Å². The number of H-pyrrole nitrogens is 1. The molecule has 18 heavy (non-hydrogen) atoms. The van der Waals surface area contributed by atoms with Crippen LogP contribution >= 0.6 is 0 Å². The first-order valence-corrected chi connectivity index (χ1v) is 5.71. The van der Waals surface area contributed by atoms with Gasteiger partial charge in [0, 0.05) is 18.2 Å². The molecule has 0 amide bonds. The van der Waals surface area contributed by atoms with Crippen LogP contribution in [0.1, 0.15) is 17.1 Å². The Labute approximate surface area is 103 Å². The Morgan fingerprint density at radius 2 is 2.00 bits per heavy atom. The largest absolute Gasteiger partial charge is 0.275 e. The lowest BCUT2D eigenvalue weighted by Crippen LogP contribution is -2.14. The molecule has 3 aromatic rings. The van der Waals surface area contributed by atoms with E-state index in [0.29, 0.717) is 17.9 Å². The van der Waals surface area contributed by atoms with E-state index in [2.05, 4.69) is 15.1 Å². The molecular formula is C13H12N4O. The van der Waals surface area contributed by atoms with Crippen molar-refractivity contribution in [3.05, 3.63) is 63.8 Å². The Morgan fingerprint density at radius 1 is 1.22 bits per heavy atom. The van der Waals surface area contributed by atoms with Gasteiger partial charge < -0.3 is 0 Å². The molecule has 0 bridgehead atoms. The Kier molecular flexibility index (Phi) is 2.44. The van der Waals surface area contributed by atoms with Crippen molar-refractivity contribution >= 4 is 5.78 Å². The van der Waals surface area contributed by atoms with E-state index >= 15 is 0 Å². The van der Waals surface area contributed by atoms with Crippen molar-refractivity contribution in [2.75, 3.05) is 0 Å². The summed E-state index contributed by atoms with van der Waals surface area (Å²) in [5, 5.41) is 2.97. The van der Waals surface area contributed by atoms with Crippen molar-refractivity contribution in [2.45, 2.75) is 13.3 Å². The van der Waals surface area contributed by atoms with Gasteiger partial charge in [-0.1, -0.05) is 30.3 Å². The fourth-order valence-electron chi connectivity index (χ4n) is 1.90. The molecule has 0 saturated carbocycles. The number of hydrogen-bond donors (Lipinski definition) is 1. The zero-order valence-corrected chi connectivity index (χ0v) is 9.92. The second kappa shape index (κ2) is 4.10. The van der Waals surface area contributed by atoms with E-state index in [1.54, 1.807) is 6.92 Å². The van der Waals surface area contributed by atoms with Crippen molar-refractivity contribution in [3.8, 4) is 0 Å². The van der Waals surface area contributed by atoms with Gasteiger partial charge in [0.05, 0.1) is 0 Å². The molecule has 0 aliphatic heterocycles. The maximum atomic E-state index is 11.7. The highest BCUT2D eigenvalue weighted by atomic mass is 16.1. The highest BCUT2D eigenvalue weighted by Gasteiger charge is 2.06. The third-order valence-electron chi connectivity index (χ3n) is 2.72. The first kappa shape index (κ1) is 10.7. The summed E-state index contributed by atoms with van der Waals surface area (Å²) in [5.41, 5.74) is 1.68. The smallest absolute Gasteiger partial charge is 0.274 e. The predicted molar refractivity (Wildman–Crippen MR) is 67.6 cm³/mol. The van der Waals surface area contributed by atoms with Gasteiger partial charge in [-0.3, -0.25) is 9.89 Å². The van der Waals surface area contributed by atoms with Gasteiger partial charge in [-0.2, -0.15) is 9.50 Å². The van der Waals surface area contributed by atoms with Crippen molar-refractivity contribution in [1.82, 2.24) is 19.6 Å². The lowest BCUT2D eigenvalue weighted by molar-refractivity contribution is 0.857. The molecule has 0 saturated heterocycles. The van der Waals surface area contributed by atoms with E-state index in [9.17, 15) is 4.79 Å². The summed E-state index contributed by atoms with van der Waals surface area (Å²) in [7, 11) is 0. The van der Waals surface area contributed by atoms with Gasteiger partial charge in [0.2, 0.25) is 0 Å². The van der Waals surface area contributed by atoms with Crippen LogP contribution in [0, 0.1) is 6.92 Å². The number of nitrogens with one attached hydrogen (secondary N) is 1. The summed E-state index contributed by atoms with van der Waals surface area (Å²) in [6, 6.07) is 11.5. The molecular weight excluding hydrogens is 228 g/mol. The third-order valence-corrected chi connectivity index (χ3v) is 2.72. The molecule has 0 aliphatic rings. The topological polar surface area (TPSA) is 63.0 Å². The second-order valence-electron chi connectivity index (χ2n) is 4.20. The third kappa shape index (κ3) is 1.90. The van der Waals surface area contributed by atoms with E-state index in [0.717, 1.165) is 11.4 Å². The number of aromatic amines is 1. The average Bonchev–Trinajstić information content (AvgIpc) is 2.73. The SMILES string of the molecule is Cc1cc(=O)n2[nH]c(Cc3ccccc3)nc2n1. The normalized spacial score (nSPS) is 10.9. The monoisotopic (exact) mass is 240 g/mol. The van der Waals surface area contributed by atoms with Crippen LogP contribution in [0.15, 0.2) is 41.2 Å². The van der Waals surface area contributed by atoms with Gasteiger partial charge in [-0.15, -0.1) is 0 Å². The number of hydrogen-bond acceptors (Lipinski definition) is 3. The number of rotatable bonds is 2. The molecule has 90 valence electrons. The molecule has 5 heteroatoms. The van der Waals surface area contributed by atoms with Crippen molar-refractivity contribution in [3.63, 3.8) is 0 Å². The molecule has 0 unspecified atom stereocenters. The minimum Gasteiger partial charge on any atom is -0.275 e. The second-order valence-corrected chi connectivity index (χ2v) is 4.20. The first-order valence-electron chi connectivity index (χ1n) is 5.71. The number of nitrogens with zero attached hydrogens (tertiary/aromatic N) is 3. The number of aryl methyl sites for hydroxylation is 1. The highest BCUT2D eigenvalue weighted by molar-refractivity contribution is 5.29. The van der Waals surface area contributed by atoms with E-state index in [4.69, 9.17) is 0 Å². The molecule has 1 N–H and O–H groups in total. The predicted octanol–water partition coefficient (Wildman–Crippen LogP) is 1.32. The minimum atomic E-state index is -0.135. The molecule has 0 fully saturated rings. The van der Waals surface area contributed by atoms with E-state index in [1.807, 2.05) is 30.3 Å². The van der Waals surface area contributed by atoms with E-state index in [1.165, 1.54) is 10.6 Å². The van der Waals surface area contributed by atoms with Gasteiger partial charge in [-0.05, 0) is 12.5 Å². The van der Waals surface area contributed by atoms with E-state index in [-0.39, 0.29) is 5.56 Å². The maximum absolute atomic E-state index is 11.7. The summed E-state index contributed by atoms with van der Waals surface area (Å²) in [5.74, 6) is 1.15. The zero-order valence-electron chi connectivity index (χ0n) is 9.92. The lowest BCUT2D eigenvalue weighted by Gasteiger charge is -1.95. The molecule has 0 radical (unpaired) electrons. The quantitative estimate of drug-likeness (QED) is 0.734. The molecule has 2 aromatic heterocycles.